The van der Waals surface area contributed by atoms with Gasteiger partial charge in [-0.2, -0.15) is 0 Å². The van der Waals surface area contributed by atoms with Crippen molar-refractivity contribution in [1.29, 1.82) is 0 Å². The van der Waals surface area contributed by atoms with Crippen molar-refractivity contribution in [2.24, 2.45) is 0 Å². The molecule has 0 N–H and O–H groups in total. The number of hydrogen-bond donors (Lipinski definition) is 0. The first-order valence-electron chi connectivity index (χ1n) is 15.8. The zero-order valence-corrected chi connectivity index (χ0v) is 25.2. The molecule has 1 heterocycles. The van der Waals surface area contributed by atoms with Crippen molar-refractivity contribution in [2.75, 3.05) is 4.90 Å². The van der Waals surface area contributed by atoms with Gasteiger partial charge in [-0.1, -0.05) is 121 Å². The number of rotatable bonds is 5. The quantitative estimate of drug-likeness (QED) is 0.182. The maximum atomic E-state index is 2.43. The highest BCUT2D eigenvalue weighted by molar-refractivity contribution is 6.28. The van der Waals surface area contributed by atoms with Crippen LogP contribution >= 0.6 is 0 Å². The highest BCUT2D eigenvalue weighted by Crippen LogP contribution is 2.45. The van der Waals surface area contributed by atoms with E-state index < -0.39 is 0 Å². The SMILES string of the molecule is c1ccc(-c2ccc(N(c3ccc4c(ccn4-c4ccccc4)c3)c3cccc4c5ccccc5c5ccccc5c34)cc2)cc1. The van der Waals surface area contributed by atoms with E-state index in [0.717, 1.165) is 22.7 Å². The Hall–Kier alpha value is -6.12. The van der Waals surface area contributed by atoms with E-state index in [1.165, 1.54) is 54.3 Å². The molecule has 0 spiro atoms. The molecule has 2 nitrogen and oxygen atoms in total. The normalized spacial score (nSPS) is 11.5. The summed E-state index contributed by atoms with van der Waals surface area (Å²) in [4.78, 5) is 2.43. The largest absolute Gasteiger partial charge is 0.317 e. The molecule has 0 aliphatic heterocycles. The Balaban J connectivity index is 1.30. The lowest BCUT2D eigenvalue weighted by molar-refractivity contribution is 1.13. The van der Waals surface area contributed by atoms with E-state index in [9.17, 15) is 0 Å². The van der Waals surface area contributed by atoms with Crippen LogP contribution in [0.4, 0.5) is 17.1 Å². The molecule has 0 radical (unpaired) electrons. The third-order valence-electron chi connectivity index (χ3n) is 9.19. The molecule has 9 aromatic rings. The molecule has 0 fully saturated rings. The molecule has 2 heteroatoms. The summed E-state index contributed by atoms with van der Waals surface area (Å²) in [6.07, 6.45) is 2.17. The standard InChI is InChI=1S/C44H30N2/c1-3-12-31(13-4-1)32-22-24-35(25-23-32)46(36-26-27-42-33(30-36)28-29-45(42)34-14-5-2-6-15-34)43-21-11-20-41-39-17-8-7-16-37(39)38-18-9-10-19-40(38)44(41)43/h1-30H. The van der Waals surface area contributed by atoms with E-state index in [2.05, 4.69) is 192 Å². The Labute approximate surface area is 268 Å². The highest BCUT2D eigenvalue weighted by atomic mass is 15.1. The Bertz CT molecular complexity index is 2460. The molecule has 46 heavy (non-hydrogen) atoms. The summed E-state index contributed by atoms with van der Waals surface area (Å²) < 4.78 is 2.26. The number of anilines is 3. The van der Waals surface area contributed by atoms with Gasteiger partial charge in [-0.3, -0.25) is 0 Å². The van der Waals surface area contributed by atoms with Gasteiger partial charge in [-0.15, -0.1) is 0 Å². The molecular weight excluding hydrogens is 556 g/mol. The maximum Gasteiger partial charge on any atom is 0.0546 e. The van der Waals surface area contributed by atoms with Gasteiger partial charge in [0.25, 0.3) is 0 Å². The Kier molecular flexibility index (Phi) is 6.17. The number of nitrogens with zero attached hydrogens (tertiary/aromatic N) is 2. The lowest BCUT2D eigenvalue weighted by Gasteiger charge is -2.28. The Morgan fingerprint density at radius 3 is 1.63 bits per heavy atom. The molecule has 0 saturated carbocycles. The lowest BCUT2D eigenvalue weighted by Crippen LogP contribution is -2.10. The third kappa shape index (κ3) is 4.27. The highest BCUT2D eigenvalue weighted by Gasteiger charge is 2.20. The first kappa shape index (κ1) is 26.3. The van der Waals surface area contributed by atoms with Crippen LogP contribution < -0.4 is 4.90 Å². The number of aromatic nitrogens is 1. The fourth-order valence-corrected chi connectivity index (χ4v) is 7.07. The molecule has 0 bridgehead atoms. The van der Waals surface area contributed by atoms with Crippen LogP contribution in [0.15, 0.2) is 182 Å². The molecule has 0 aliphatic carbocycles. The summed E-state index contributed by atoms with van der Waals surface area (Å²) in [6, 6.07) is 63.5. The smallest absolute Gasteiger partial charge is 0.0546 e. The van der Waals surface area contributed by atoms with Crippen LogP contribution in [0.2, 0.25) is 0 Å². The van der Waals surface area contributed by atoms with Gasteiger partial charge in [0.1, 0.15) is 0 Å². The van der Waals surface area contributed by atoms with E-state index in [-0.39, 0.29) is 0 Å². The molecule has 0 aliphatic rings. The Morgan fingerprint density at radius 2 is 0.935 bits per heavy atom. The van der Waals surface area contributed by atoms with Gasteiger partial charge in [-0.25, -0.2) is 0 Å². The van der Waals surface area contributed by atoms with Crippen LogP contribution in [0.5, 0.6) is 0 Å². The average Bonchev–Trinajstić information content (AvgIpc) is 3.56. The predicted molar refractivity (Wildman–Crippen MR) is 196 cm³/mol. The fourth-order valence-electron chi connectivity index (χ4n) is 7.07. The zero-order chi connectivity index (χ0) is 30.5. The number of benzene rings is 8. The van der Waals surface area contributed by atoms with Crippen LogP contribution in [0.1, 0.15) is 0 Å². The van der Waals surface area contributed by atoms with E-state index in [1.54, 1.807) is 0 Å². The van der Waals surface area contributed by atoms with Crippen molar-refractivity contribution >= 4 is 60.3 Å². The van der Waals surface area contributed by atoms with Gasteiger partial charge in [-0.05, 0) is 92.7 Å². The molecule has 0 saturated heterocycles. The number of hydrogen-bond acceptors (Lipinski definition) is 1. The van der Waals surface area contributed by atoms with E-state index in [1.807, 2.05) is 0 Å². The van der Waals surface area contributed by atoms with Crippen molar-refractivity contribution in [3.8, 4) is 16.8 Å². The maximum absolute atomic E-state index is 2.43. The number of fused-ring (bicyclic) bond motifs is 7. The number of para-hydroxylation sites is 1. The topological polar surface area (TPSA) is 8.17 Å². The molecule has 216 valence electrons. The zero-order valence-electron chi connectivity index (χ0n) is 25.2. The van der Waals surface area contributed by atoms with E-state index in [4.69, 9.17) is 0 Å². The van der Waals surface area contributed by atoms with Crippen molar-refractivity contribution in [3.05, 3.63) is 182 Å². The molecule has 9 rings (SSSR count). The second-order valence-corrected chi connectivity index (χ2v) is 11.8. The summed E-state index contributed by atoms with van der Waals surface area (Å²) in [7, 11) is 0. The fraction of sp³-hybridized carbons (Fsp3) is 0. The van der Waals surface area contributed by atoms with Gasteiger partial charge in [0, 0.05) is 34.0 Å². The minimum absolute atomic E-state index is 1.12. The second kappa shape index (κ2) is 10.8. The monoisotopic (exact) mass is 586 g/mol. The predicted octanol–water partition coefficient (Wildman–Crippen LogP) is 12.2. The minimum atomic E-state index is 1.12. The van der Waals surface area contributed by atoms with Crippen LogP contribution in [0.3, 0.4) is 0 Å². The van der Waals surface area contributed by atoms with Gasteiger partial charge in [0.05, 0.1) is 11.2 Å². The lowest BCUT2D eigenvalue weighted by atomic mass is 9.93. The first-order valence-corrected chi connectivity index (χ1v) is 15.8. The van der Waals surface area contributed by atoms with Gasteiger partial charge < -0.3 is 9.47 Å². The molecule has 0 atom stereocenters. The Morgan fingerprint density at radius 1 is 0.391 bits per heavy atom. The van der Waals surface area contributed by atoms with E-state index in [0.29, 0.717) is 0 Å². The average molecular weight is 587 g/mol. The summed E-state index contributed by atoms with van der Waals surface area (Å²) in [6.45, 7) is 0. The van der Waals surface area contributed by atoms with E-state index >= 15 is 0 Å². The van der Waals surface area contributed by atoms with Crippen LogP contribution in [-0.2, 0) is 0 Å². The summed E-state index contributed by atoms with van der Waals surface area (Å²) in [5.41, 5.74) is 8.16. The van der Waals surface area contributed by atoms with Crippen LogP contribution in [0, 0.1) is 0 Å². The summed E-state index contributed by atoms with van der Waals surface area (Å²) in [5.74, 6) is 0. The molecule has 1 aromatic heterocycles. The molecule has 0 unspecified atom stereocenters. The van der Waals surface area contributed by atoms with Gasteiger partial charge >= 0.3 is 0 Å². The van der Waals surface area contributed by atoms with Gasteiger partial charge in [0.15, 0.2) is 0 Å². The van der Waals surface area contributed by atoms with Crippen molar-refractivity contribution in [3.63, 3.8) is 0 Å². The van der Waals surface area contributed by atoms with Crippen LogP contribution in [0.25, 0.3) is 60.0 Å². The first-order chi connectivity index (χ1) is 22.8. The molecular formula is C44H30N2. The van der Waals surface area contributed by atoms with Crippen molar-refractivity contribution in [1.82, 2.24) is 4.57 Å². The summed E-state index contributed by atoms with van der Waals surface area (Å²) >= 11 is 0. The van der Waals surface area contributed by atoms with Crippen molar-refractivity contribution < 1.29 is 0 Å². The van der Waals surface area contributed by atoms with Crippen molar-refractivity contribution in [2.45, 2.75) is 0 Å². The molecule has 8 aromatic carbocycles. The second-order valence-electron chi connectivity index (χ2n) is 11.8. The minimum Gasteiger partial charge on any atom is -0.317 e. The van der Waals surface area contributed by atoms with Gasteiger partial charge in [0.2, 0.25) is 0 Å². The third-order valence-corrected chi connectivity index (χ3v) is 9.19. The van der Waals surface area contributed by atoms with Crippen LogP contribution in [-0.4, -0.2) is 4.57 Å². The summed E-state index contributed by atoms with van der Waals surface area (Å²) in [5, 5.41) is 8.79. The molecule has 0 amide bonds.